The summed E-state index contributed by atoms with van der Waals surface area (Å²) in [6.07, 6.45) is 11.0. The van der Waals surface area contributed by atoms with Crippen LogP contribution >= 0.6 is 0 Å². The van der Waals surface area contributed by atoms with Gasteiger partial charge in [-0.3, -0.25) is 88.7 Å². The van der Waals surface area contributed by atoms with E-state index < -0.39 is 47.8 Å². The van der Waals surface area contributed by atoms with Gasteiger partial charge in [0.2, 0.25) is 47.3 Å². The van der Waals surface area contributed by atoms with E-state index in [-0.39, 0.29) is 79.5 Å². The molecule has 712 valence electrons. The number of rotatable bonds is 25. The number of ether oxygens (including phenoxy) is 7. The van der Waals surface area contributed by atoms with Gasteiger partial charge in [0.1, 0.15) is 79.4 Å². The summed E-state index contributed by atoms with van der Waals surface area (Å²) >= 11 is 0. The predicted octanol–water partition coefficient (Wildman–Crippen LogP) is 11.8. The van der Waals surface area contributed by atoms with Crippen LogP contribution in [-0.2, 0) is 138 Å². The van der Waals surface area contributed by atoms with Crippen molar-refractivity contribution in [1.82, 2.24) is 45.8 Å². The van der Waals surface area contributed by atoms with Crippen LogP contribution in [0.4, 0.5) is 5.69 Å². The molecule has 22 rings (SSSR count). The van der Waals surface area contributed by atoms with Crippen LogP contribution in [0.5, 0.6) is 23.0 Å². The van der Waals surface area contributed by atoms with E-state index >= 15 is 0 Å². The van der Waals surface area contributed by atoms with Crippen LogP contribution in [0.3, 0.4) is 0 Å². The Morgan fingerprint density at radius 1 is 0.341 bits per heavy atom. The van der Waals surface area contributed by atoms with Gasteiger partial charge in [-0.15, -0.1) is 0 Å². The van der Waals surface area contributed by atoms with Crippen molar-refractivity contribution >= 4 is 82.4 Å². The zero-order valence-electron chi connectivity index (χ0n) is 76.9. The predicted molar refractivity (Wildman–Crippen MR) is 506 cm³/mol. The van der Waals surface area contributed by atoms with Gasteiger partial charge in [-0.1, -0.05) is 140 Å². The highest BCUT2D eigenvalue weighted by atomic mass is 16.5. The minimum Gasteiger partial charge on any atom is -0.489 e. The van der Waals surface area contributed by atoms with Crippen molar-refractivity contribution in [2.75, 3.05) is 58.0 Å². The molecule has 9 aromatic rings. The van der Waals surface area contributed by atoms with Gasteiger partial charge in [-0.2, -0.15) is 0 Å². The summed E-state index contributed by atoms with van der Waals surface area (Å²) in [7, 11) is 0. The van der Waals surface area contributed by atoms with Gasteiger partial charge in [0.25, 0.3) is 23.6 Å². The summed E-state index contributed by atoms with van der Waals surface area (Å²) in [6, 6.07) is 61.1. The summed E-state index contributed by atoms with van der Waals surface area (Å²) in [6.45, 7) is 12.0. The molecule has 4 atom stereocenters. The molecule has 0 saturated carbocycles. The Hall–Kier alpha value is -14.1. The van der Waals surface area contributed by atoms with Crippen molar-refractivity contribution in [1.29, 1.82) is 0 Å². The first-order valence-electron chi connectivity index (χ1n) is 47.9. The number of hydrogen-bond donors (Lipinski definition) is 5. The summed E-state index contributed by atoms with van der Waals surface area (Å²) in [5.74, 6) is 1.41. The quantitative estimate of drug-likeness (QED) is 0.0332. The van der Waals surface area contributed by atoms with Gasteiger partial charge in [0, 0.05) is 134 Å². The Balaban J connectivity index is 0.000000118. The van der Waals surface area contributed by atoms with Crippen LogP contribution in [0.1, 0.15) is 197 Å². The number of amides is 12. The molecule has 1 spiro atoms. The molecule has 138 heavy (non-hydrogen) atoms. The number of piperidine rings is 4. The summed E-state index contributed by atoms with van der Waals surface area (Å²) in [5.41, 5.74) is 17.4. The average molecular weight is 1870 g/mol. The van der Waals surface area contributed by atoms with Crippen LogP contribution in [0.2, 0.25) is 0 Å². The molecule has 12 amide bonds. The Morgan fingerprint density at radius 3 is 1.04 bits per heavy atom. The second-order valence-corrected chi connectivity index (χ2v) is 37.9. The number of benzene rings is 9. The number of carbonyl (C=O) groups is 12. The highest BCUT2D eigenvalue weighted by molar-refractivity contribution is 6.09. The highest BCUT2D eigenvalue weighted by Crippen LogP contribution is 2.42. The van der Waals surface area contributed by atoms with Crippen LogP contribution in [0.15, 0.2) is 199 Å². The third-order valence-electron chi connectivity index (χ3n) is 28.3. The fourth-order valence-corrected chi connectivity index (χ4v) is 20.5. The second-order valence-electron chi connectivity index (χ2n) is 37.9. The number of para-hydroxylation sites is 1. The van der Waals surface area contributed by atoms with E-state index in [1.165, 1.54) is 33.6 Å². The van der Waals surface area contributed by atoms with E-state index in [0.29, 0.717) is 135 Å². The van der Waals surface area contributed by atoms with Crippen molar-refractivity contribution in [3.8, 4) is 23.0 Å². The topological polar surface area (TPSA) is 358 Å². The van der Waals surface area contributed by atoms with Crippen molar-refractivity contribution in [2.24, 2.45) is 22.2 Å². The van der Waals surface area contributed by atoms with Gasteiger partial charge in [-0.25, -0.2) is 0 Å². The number of carbonyl (C=O) groups excluding carboxylic acids is 12. The summed E-state index contributed by atoms with van der Waals surface area (Å²) in [5, 5.41) is 12.8. The third kappa shape index (κ3) is 21.4. The number of anilines is 1. The molecule has 0 aliphatic carbocycles. The monoisotopic (exact) mass is 1870 g/mol. The van der Waals surface area contributed by atoms with Crippen molar-refractivity contribution < 1.29 is 90.7 Å². The Bertz CT molecular complexity index is 6200. The number of amidine groups is 1. The number of likely N-dealkylation sites (tertiary alicyclic amines) is 1. The molecule has 30 nitrogen and oxygen atoms in total. The zero-order chi connectivity index (χ0) is 94.9. The number of aryl methyl sites for hydroxylation is 1. The van der Waals surface area contributed by atoms with Gasteiger partial charge in [0.05, 0.1) is 45.9 Å². The maximum absolute atomic E-state index is 13.0. The van der Waals surface area contributed by atoms with Crippen molar-refractivity contribution in [3.05, 3.63) is 289 Å². The molecule has 5 N–H and O–H groups in total. The summed E-state index contributed by atoms with van der Waals surface area (Å²) in [4.78, 5) is 160. The van der Waals surface area contributed by atoms with Gasteiger partial charge in [0.15, 0.2) is 0 Å². The maximum atomic E-state index is 13.0. The number of aliphatic imine (C=N–C) groups is 1. The lowest BCUT2D eigenvalue weighted by atomic mass is 9.78. The minimum absolute atomic E-state index is 0.191. The molecule has 4 unspecified atom stereocenters. The van der Waals surface area contributed by atoms with Crippen LogP contribution in [-0.4, -0.2) is 178 Å². The largest absolute Gasteiger partial charge is 0.489 e. The lowest BCUT2D eigenvalue weighted by Gasteiger charge is -2.55. The smallest absolute Gasteiger partial charge is 0.255 e. The molecule has 8 fully saturated rings. The number of imide groups is 4. The van der Waals surface area contributed by atoms with E-state index in [1.807, 2.05) is 48.5 Å². The molecule has 13 heterocycles. The number of nitrogens with one attached hydrogen (secondary N) is 5. The summed E-state index contributed by atoms with van der Waals surface area (Å²) < 4.78 is 40.7. The molecule has 0 radical (unpaired) electrons. The fraction of sp³-hybridized carbons (Fsp3) is 0.380. The van der Waals surface area contributed by atoms with E-state index in [4.69, 9.17) is 33.2 Å². The molecule has 13 aliphatic rings. The maximum Gasteiger partial charge on any atom is 0.255 e. The number of fused-ring (bicyclic) bond motifs is 5. The zero-order valence-corrected chi connectivity index (χ0v) is 76.9. The Labute approximate surface area is 799 Å². The van der Waals surface area contributed by atoms with Crippen LogP contribution < -0.4 is 45.5 Å². The SMILES string of the molecule is O=C1CCC(N2Cc3c(OCc4ccc(CC5=NCc6ccccc6N5)cc4)cccc3C2=O)C(=O)N1.O=C1CCC(N2Cc3c(OCc4ccc(CC5CCOCC5)cc4)cccc3C2=O)C(=O)N1.O=C1CCC(N2Cc3c(OCc4ccc(CCC5CCOCC5)cc4)cccc3C2=O)C(=O)N1.O=C1CCC(N2Cc3c(OCc4ccc(CN5CC6(COC6)C5)cc4)cccc3C2=O)C(=O)N1. The fourth-order valence-electron chi connectivity index (χ4n) is 20.5. The number of nitrogens with zero attached hydrogens (tertiary/aromatic N) is 6. The average Bonchev–Trinajstić information content (AvgIpc) is 1.40. The van der Waals surface area contributed by atoms with E-state index in [2.05, 4.69) is 134 Å². The van der Waals surface area contributed by atoms with E-state index in [9.17, 15) is 57.5 Å². The molecule has 30 heteroatoms. The highest BCUT2D eigenvalue weighted by Gasteiger charge is 2.50. The molecular weight excluding hydrogens is 1760 g/mol. The lowest BCUT2D eigenvalue weighted by Crippen LogP contribution is -2.65. The third-order valence-corrected chi connectivity index (χ3v) is 28.3. The molecule has 9 aromatic carbocycles. The number of hydrogen-bond acceptors (Lipinski definition) is 22. The van der Waals surface area contributed by atoms with E-state index in [1.54, 1.807) is 63.2 Å². The molecule has 13 aliphatic heterocycles. The Morgan fingerprint density at radius 2 is 0.681 bits per heavy atom. The Kier molecular flexibility index (Phi) is 28.2. The van der Waals surface area contributed by atoms with Crippen molar-refractivity contribution in [2.45, 2.75) is 193 Å². The molecule has 0 aromatic heterocycles. The van der Waals surface area contributed by atoms with Gasteiger partial charge < -0.3 is 58.1 Å². The van der Waals surface area contributed by atoms with Crippen molar-refractivity contribution in [3.63, 3.8) is 0 Å². The first-order chi connectivity index (χ1) is 67.2. The molecular formula is C108H111N11O19. The van der Waals surface area contributed by atoms with Crippen LogP contribution in [0.25, 0.3) is 0 Å². The first kappa shape index (κ1) is 93.0. The minimum atomic E-state index is -0.644. The molecule has 8 saturated heterocycles. The first-order valence-corrected chi connectivity index (χ1v) is 47.9. The van der Waals surface area contributed by atoms with Crippen LogP contribution in [0, 0.1) is 17.3 Å². The standard InChI is InChI=1S/C29H26N4O4.C27H30N2O5.C26H27N3O5.C26H28N2O5/c34-27-13-12-24(28(35)32-27)33-16-22-21(29(33)36)5-3-7-25(22)37-17-19-10-8-18(9-11-19)14-26-30-15-20-4-1-2-6-23(20)31-26;30-25-11-10-23(26(31)28-25)29-16-22-21(27(29)32)2-1-3-24(22)34-17-20-8-6-18(7-9-20)4-5-19-12-14-33-15-13-19;30-23-9-8-21(24(31)27-23)29-11-20-19(25(29)32)2-1-3-22(20)34-12-18-6-4-17(5-7-18)10-28-13-26(14-28)15-33-16-26;29-24-9-8-22(25(30)27-24)28-15-21-20(26(28)31)2-1-3-23(21)33-16-19-6-4-17(5-7-19)14-18-10-12-32-13-11-18/h1-11,24H,12-17H2,(H,30,31)(H,32,34,35);1-3,6-9,19,23H,4-5,10-17H2,(H,28,30,31);1-7,21H,8-16H2,(H,27,30,31);1-7,18,22H,8-16H2,(H,27,29,30). The molecule has 0 bridgehead atoms. The lowest BCUT2D eigenvalue weighted by molar-refractivity contribution is -0.191. The normalized spacial score (nSPS) is 20.9. The van der Waals surface area contributed by atoms with Gasteiger partial charge >= 0.3 is 0 Å². The van der Waals surface area contributed by atoms with Gasteiger partial charge in [-0.05, 0) is 187 Å². The second kappa shape index (κ2) is 41.9. The van der Waals surface area contributed by atoms with E-state index in [0.717, 1.165) is 172 Å².